The maximum Gasteiger partial charge on any atom is 0.322 e. The van der Waals surface area contributed by atoms with E-state index in [-0.39, 0.29) is 5.97 Å². The molecule has 0 radical (unpaired) electrons. The molecule has 0 saturated heterocycles. The van der Waals surface area contributed by atoms with Crippen LogP contribution in [0.15, 0.2) is 36.0 Å². The Bertz CT molecular complexity index is 329. The van der Waals surface area contributed by atoms with Crippen LogP contribution in [0.2, 0.25) is 0 Å². The van der Waals surface area contributed by atoms with Crippen LogP contribution in [0, 0.1) is 0 Å². The first-order chi connectivity index (χ1) is 8.24. The summed E-state index contributed by atoms with van der Waals surface area (Å²) in [6.45, 7) is 2.30. The Morgan fingerprint density at radius 1 is 1.47 bits per heavy atom. The van der Waals surface area contributed by atoms with Gasteiger partial charge in [-0.1, -0.05) is 42.9 Å². The minimum Gasteiger partial charge on any atom is -0.464 e. The minimum absolute atomic E-state index is 0.297. The van der Waals surface area contributed by atoms with E-state index >= 15 is 0 Å². The molecule has 2 N–H and O–H groups in total. The molecule has 0 unspecified atom stereocenters. The summed E-state index contributed by atoms with van der Waals surface area (Å²) in [5.74, 6) is -0.297. The van der Waals surface area contributed by atoms with Crippen molar-refractivity contribution in [3.05, 3.63) is 36.0 Å². The van der Waals surface area contributed by atoms with Crippen molar-refractivity contribution in [3.63, 3.8) is 0 Å². The molecule has 1 aliphatic rings. The van der Waals surface area contributed by atoms with Crippen LogP contribution in [-0.2, 0) is 9.53 Å². The van der Waals surface area contributed by atoms with E-state index in [0.717, 1.165) is 19.3 Å². The van der Waals surface area contributed by atoms with E-state index in [0.29, 0.717) is 13.0 Å². The Hall–Kier alpha value is -1.35. The van der Waals surface area contributed by atoms with Crippen LogP contribution in [-0.4, -0.2) is 18.6 Å². The third-order valence-corrected chi connectivity index (χ3v) is 2.72. The van der Waals surface area contributed by atoms with E-state index in [4.69, 9.17) is 10.5 Å². The molecular formula is C14H21NO2. The molecule has 0 heterocycles. The topological polar surface area (TPSA) is 52.3 Å². The van der Waals surface area contributed by atoms with Crippen LogP contribution in [0.1, 0.15) is 32.6 Å². The predicted octanol–water partition coefficient (Wildman–Crippen LogP) is 2.49. The molecule has 3 nitrogen and oxygen atoms in total. The van der Waals surface area contributed by atoms with Gasteiger partial charge in [0.05, 0.1) is 6.61 Å². The van der Waals surface area contributed by atoms with Gasteiger partial charge in [-0.2, -0.15) is 0 Å². The maximum absolute atomic E-state index is 11.3. The van der Waals surface area contributed by atoms with Crippen molar-refractivity contribution < 1.29 is 9.53 Å². The maximum atomic E-state index is 11.3. The fraction of sp³-hybridized carbons (Fsp3) is 0.500. The summed E-state index contributed by atoms with van der Waals surface area (Å²) in [7, 11) is 0. The third kappa shape index (κ3) is 5.50. The summed E-state index contributed by atoms with van der Waals surface area (Å²) in [5, 5.41) is 0. The zero-order chi connectivity index (χ0) is 12.5. The highest BCUT2D eigenvalue weighted by molar-refractivity contribution is 5.75. The van der Waals surface area contributed by atoms with Crippen LogP contribution in [0.4, 0.5) is 0 Å². The monoisotopic (exact) mass is 235 g/mol. The Balaban J connectivity index is 2.28. The Morgan fingerprint density at radius 2 is 2.24 bits per heavy atom. The van der Waals surface area contributed by atoms with Crippen molar-refractivity contribution in [3.8, 4) is 0 Å². The summed E-state index contributed by atoms with van der Waals surface area (Å²) in [4.78, 5) is 11.3. The quantitative estimate of drug-likeness (QED) is 0.588. The lowest BCUT2D eigenvalue weighted by Crippen LogP contribution is -2.31. The number of carbonyl (C=O) groups is 1. The molecule has 1 aliphatic carbocycles. The van der Waals surface area contributed by atoms with Crippen molar-refractivity contribution >= 4 is 5.97 Å². The van der Waals surface area contributed by atoms with E-state index in [1.807, 2.05) is 19.1 Å². The van der Waals surface area contributed by atoms with Crippen molar-refractivity contribution in [1.82, 2.24) is 0 Å². The molecule has 94 valence electrons. The lowest BCUT2D eigenvalue weighted by molar-refractivity contribution is -0.145. The van der Waals surface area contributed by atoms with Gasteiger partial charge in [0.15, 0.2) is 0 Å². The molecule has 0 spiro atoms. The molecular weight excluding hydrogens is 214 g/mol. The largest absolute Gasteiger partial charge is 0.464 e. The second kappa shape index (κ2) is 7.85. The Kier molecular flexibility index (Phi) is 6.33. The normalized spacial score (nSPS) is 18.8. The number of hydrogen-bond acceptors (Lipinski definition) is 3. The van der Waals surface area contributed by atoms with Crippen LogP contribution < -0.4 is 5.73 Å². The Morgan fingerprint density at radius 3 is 3.00 bits per heavy atom. The minimum atomic E-state index is -0.482. The summed E-state index contributed by atoms with van der Waals surface area (Å²) in [6.07, 6.45) is 13.8. The van der Waals surface area contributed by atoms with Gasteiger partial charge in [-0.05, 0) is 19.3 Å². The molecule has 17 heavy (non-hydrogen) atoms. The van der Waals surface area contributed by atoms with Gasteiger partial charge in [0.2, 0.25) is 0 Å². The van der Waals surface area contributed by atoms with Gasteiger partial charge in [0.25, 0.3) is 0 Å². The molecule has 3 heteroatoms. The number of rotatable bonds is 5. The first kappa shape index (κ1) is 13.7. The average molecular weight is 235 g/mol. The zero-order valence-corrected chi connectivity index (χ0v) is 10.4. The highest BCUT2D eigenvalue weighted by Crippen LogP contribution is 2.12. The molecule has 0 aromatic carbocycles. The third-order valence-electron chi connectivity index (χ3n) is 2.72. The van der Waals surface area contributed by atoms with E-state index < -0.39 is 6.04 Å². The van der Waals surface area contributed by atoms with Crippen molar-refractivity contribution in [2.75, 3.05) is 6.61 Å². The fourth-order valence-electron chi connectivity index (χ4n) is 1.53. The van der Waals surface area contributed by atoms with Crippen molar-refractivity contribution in [1.29, 1.82) is 0 Å². The molecule has 0 saturated carbocycles. The van der Waals surface area contributed by atoms with Gasteiger partial charge in [-0.25, -0.2) is 0 Å². The van der Waals surface area contributed by atoms with Crippen LogP contribution in [0.3, 0.4) is 0 Å². The van der Waals surface area contributed by atoms with Crippen molar-refractivity contribution in [2.45, 2.75) is 38.6 Å². The van der Waals surface area contributed by atoms with Crippen LogP contribution >= 0.6 is 0 Å². The molecule has 0 aromatic rings. The van der Waals surface area contributed by atoms with Crippen LogP contribution in [0.25, 0.3) is 0 Å². The lowest BCUT2D eigenvalue weighted by atomic mass is 10.1. The number of esters is 1. The molecule has 0 aromatic heterocycles. The standard InChI is InChI=1S/C14H21NO2/c1-2-13(15)14(16)17-11-10-12-8-6-4-3-5-7-9-12/h3-6,9,13H,2,7-8,10-11,15H2,1H3/b5-3-,6-4?,12-9?/t13-/m0/s1. The number of carbonyl (C=O) groups excluding carboxylic acids is 1. The molecule has 0 aliphatic heterocycles. The number of hydrogen-bond donors (Lipinski definition) is 1. The predicted molar refractivity (Wildman–Crippen MR) is 69.4 cm³/mol. The van der Waals surface area contributed by atoms with Gasteiger partial charge >= 0.3 is 5.97 Å². The van der Waals surface area contributed by atoms with Gasteiger partial charge in [-0.15, -0.1) is 0 Å². The molecule has 0 fully saturated rings. The SMILES string of the molecule is CC[C@H](N)C(=O)OCCC1=CC/C=C\C=CC1. The van der Waals surface area contributed by atoms with E-state index in [1.54, 1.807) is 0 Å². The summed E-state index contributed by atoms with van der Waals surface area (Å²) >= 11 is 0. The summed E-state index contributed by atoms with van der Waals surface area (Å²) in [5.41, 5.74) is 6.88. The first-order valence-corrected chi connectivity index (χ1v) is 6.15. The van der Waals surface area contributed by atoms with E-state index in [1.165, 1.54) is 5.57 Å². The second-order valence-corrected chi connectivity index (χ2v) is 4.09. The van der Waals surface area contributed by atoms with Gasteiger partial charge in [0, 0.05) is 6.42 Å². The number of nitrogens with two attached hydrogens (primary N) is 1. The first-order valence-electron chi connectivity index (χ1n) is 6.15. The molecule has 0 amide bonds. The van der Waals surface area contributed by atoms with Crippen molar-refractivity contribution in [2.24, 2.45) is 5.73 Å². The zero-order valence-electron chi connectivity index (χ0n) is 10.4. The number of allylic oxidation sites excluding steroid dienone is 5. The van der Waals surface area contributed by atoms with Crippen LogP contribution in [0.5, 0.6) is 0 Å². The summed E-state index contributed by atoms with van der Waals surface area (Å²) in [6, 6.07) is -0.482. The van der Waals surface area contributed by atoms with Gasteiger partial charge in [-0.3, -0.25) is 4.79 Å². The molecule has 0 bridgehead atoms. The smallest absolute Gasteiger partial charge is 0.322 e. The van der Waals surface area contributed by atoms with E-state index in [9.17, 15) is 4.79 Å². The summed E-state index contributed by atoms with van der Waals surface area (Å²) < 4.78 is 5.12. The fourth-order valence-corrected chi connectivity index (χ4v) is 1.53. The number of ether oxygens (including phenoxy) is 1. The molecule has 1 atom stereocenters. The lowest BCUT2D eigenvalue weighted by Gasteiger charge is -2.10. The molecule has 1 rings (SSSR count). The highest BCUT2D eigenvalue weighted by atomic mass is 16.5. The van der Waals surface area contributed by atoms with Gasteiger partial charge in [0.1, 0.15) is 6.04 Å². The average Bonchev–Trinajstić information content (AvgIpc) is 2.30. The Labute approximate surface area is 103 Å². The second-order valence-electron chi connectivity index (χ2n) is 4.09. The van der Waals surface area contributed by atoms with E-state index in [2.05, 4.69) is 18.2 Å². The van der Waals surface area contributed by atoms with Gasteiger partial charge < -0.3 is 10.5 Å². The highest BCUT2D eigenvalue weighted by Gasteiger charge is 2.11.